The number of halogens is 2. The Balaban J connectivity index is 1.69. The first-order valence-corrected chi connectivity index (χ1v) is 10.6. The van der Waals surface area contributed by atoms with Crippen LogP contribution in [0.3, 0.4) is 0 Å². The van der Waals surface area contributed by atoms with Gasteiger partial charge in [-0.1, -0.05) is 27.5 Å². The van der Waals surface area contributed by atoms with Crippen molar-refractivity contribution in [3.63, 3.8) is 0 Å². The minimum Gasteiger partial charge on any atom is -0.478 e. The van der Waals surface area contributed by atoms with Gasteiger partial charge < -0.3 is 9.52 Å². The zero-order valence-electron chi connectivity index (χ0n) is 16.0. The lowest BCUT2D eigenvalue weighted by atomic mass is 10.1. The van der Waals surface area contributed by atoms with E-state index in [0.29, 0.717) is 16.3 Å². The number of nitrogens with one attached hydrogen (secondary N) is 1. The second-order valence-electron chi connectivity index (χ2n) is 6.64. The molecule has 1 fully saturated rings. The van der Waals surface area contributed by atoms with Crippen LogP contribution in [0.2, 0.25) is 5.02 Å². The number of amides is 2. The van der Waals surface area contributed by atoms with E-state index >= 15 is 0 Å². The molecule has 0 radical (unpaired) electrons. The smallest absolute Gasteiger partial charge is 0.335 e. The standard InChI is InChI=1S/C22H12BrClN2O5S/c23-12-2-4-13(5-3-12)26-20(28)16(19(27)25-22(26)32)10-14-6-8-18(31-14)15-9-11(21(29)30)1-7-17(15)24/h1-10H,(H,29,30)(H,25,27,32)/b16-10+. The van der Waals surface area contributed by atoms with Crippen molar-refractivity contribution in [3.05, 3.63) is 81.0 Å². The molecular weight excluding hydrogens is 520 g/mol. The Labute approximate surface area is 200 Å². The number of carboxylic acid groups (broad SMARTS) is 1. The highest BCUT2D eigenvalue weighted by Gasteiger charge is 2.34. The third-order valence-corrected chi connectivity index (χ3v) is 5.72. The summed E-state index contributed by atoms with van der Waals surface area (Å²) < 4.78 is 6.55. The van der Waals surface area contributed by atoms with Crippen LogP contribution in [0.25, 0.3) is 17.4 Å². The maximum atomic E-state index is 13.1. The van der Waals surface area contributed by atoms with E-state index in [2.05, 4.69) is 21.2 Å². The summed E-state index contributed by atoms with van der Waals surface area (Å²) in [5.41, 5.74) is 0.730. The van der Waals surface area contributed by atoms with Gasteiger partial charge in [-0.2, -0.15) is 0 Å². The highest BCUT2D eigenvalue weighted by atomic mass is 79.9. The lowest BCUT2D eigenvalue weighted by molar-refractivity contribution is -0.122. The van der Waals surface area contributed by atoms with Crippen molar-refractivity contribution < 1.29 is 23.9 Å². The molecule has 32 heavy (non-hydrogen) atoms. The summed E-state index contributed by atoms with van der Waals surface area (Å²) in [7, 11) is 0. The first kappa shape index (κ1) is 21.9. The van der Waals surface area contributed by atoms with E-state index in [-0.39, 0.29) is 27.8 Å². The van der Waals surface area contributed by atoms with Crippen molar-refractivity contribution in [2.75, 3.05) is 4.90 Å². The van der Waals surface area contributed by atoms with E-state index in [1.165, 1.54) is 29.2 Å². The number of aromatic carboxylic acids is 1. The predicted octanol–water partition coefficient (Wildman–Crippen LogP) is 4.89. The van der Waals surface area contributed by atoms with Crippen LogP contribution in [0, 0.1) is 0 Å². The Morgan fingerprint density at radius 1 is 1.12 bits per heavy atom. The molecule has 0 bridgehead atoms. The molecule has 2 aromatic carbocycles. The molecule has 2 heterocycles. The molecule has 1 aliphatic heterocycles. The SMILES string of the molecule is O=C1NC(=S)N(c2ccc(Br)cc2)C(=O)/C1=C/c1ccc(-c2cc(C(=O)O)ccc2Cl)o1. The number of carbonyl (C=O) groups excluding carboxylic acids is 2. The highest BCUT2D eigenvalue weighted by molar-refractivity contribution is 9.10. The predicted molar refractivity (Wildman–Crippen MR) is 126 cm³/mol. The largest absolute Gasteiger partial charge is 0.478 e. The van der Waals surface area contributed by atoms with Crippen LogP contribution < -0.4 is 10.2 Å². The van der Waals surface area contributed by atoms with Crippen LogP contribution in [0.4, 0.5) is 5.69 Å². The van der Waals surface area contributed by atoms with Gasteiger partial charge in [-0.3, -0.25) is 19.8 Å². The molecule has 4 rings (SSSR count). The van der Waals surface area contributed by atoms with Gasteiger partial charge in [0, 0.05) is 10.0 Å². The van der Waals surface area contributed by atoms with Gasteiger partial charge in [0.05, 0.1) is 16.3 Å². The minimum absolute atomic E-state index is 0.0307. The Morgan fingerprint density at radius 2 is 1.84 bits per heavy atom. The molecule has 7 nitrogen and oxygen atoms in total. The topological polar surface area (TPSA) is 99.9 Å². The van der Waals surface area contributed by atoms with Crippen LogP contribution in [-0.4, -0.2) is 28.0 Å². The fourth-order valence-corrected chi connectivity index (χ4v) is 3.80. The van der Waals surface area contributed by atoms with Crippen LogP contribution in [-0.2, 0) is 9.59 Å². The third-order valence-electron chi connectivity index (χ3n) is 4.58. The van der Waals surface area contributed by atoms with Crippen molar-refractivity contribution in [2.24, 2.45) is 0 Å². The number of anilines is 1. The molecule has 1 saturated heterocycles. The second-order valence-corrected chi connectivity index (χ2v) is 8.35. The van der Waals surface area contributed by atoms with Crippen LogP contribution in [0.15, 0.2) is 69.1 Å². The molecule has 160 valence electrons. The molecule has 1 aromatic heterocycles. The average Bonchev–Trinajstić information content (AvgIpc) is 3.21. The van der Waals surface area contributed by atoms with E-state index in [0.717, 1.165) is 4.47 Å². The number of carbonyl (C=O) groups is 3. The number of carboxylic acids is 1. The highest BCUT2D eigenvalue weighted by Crippen LogP contribution is 2.31. The number of thiocarbonyl (C=S) groups is 1. The zero-order chi connectivity index (χ0) is 23.0. The molecule has 10 heteroatoms. The van der Waals surface area contributed by atoms with Crippen LogP contribution >= 0.6 is 39.7 Å². The minimum atomic E-state index is -1.11. The van der Waals surface area contributed by atoms with Gasteiger partial charge in [0.25, 0.3) is 11.8 Å². The van der Waals surface area contributed by atoms with Crippen molar-refractivity contribution in [3.8, 4) is 11.3 Å². The maximum absolute atomic E-state index is 13.1. The number of furan rings is 1. The molecule has 0 saturated carbocycles. The Hall–Kier alpha value is -3.27. The van der Waals surface area contributed by atoms with Gasteiger partial charge in [0.15, 0.2) is 5.11 Å². The average molecular weight is 532 g/mol. The number of benzene rings is 2. The summed E-state index contributed by atoms with van der Waals surface area (Å²) in [4.78, 5) is 38.0. The van der Waals surface area contributed by atoms with Crippen molar-refractivity contribution in [1.82, 2.24) is 5.32 Å². The zero-order valence-corrected chi connectivity index (χ0v) is 19.1. The van der Waals surface area contributed by atoms with Gasteiger partial charge in [0.1, 0.15) is 17.1 Å². The molecule has 1 aliphatic rings. The van der Waals surface area contributed by atoms with Gasteiger partial charge in [-0.15, -0.1) is 0 Å². The van der Waals surface area contributed by atoms with Crippen molar-refractivity contribution in [2.45, 2.75) is 0 Å². The lowest BCUT2D eigenvalue weighted by Crippen LogP contribution is -2.54. The maximum Gasteiger partial charge on any atom is 0.335 e. The summed E-state index contributed by atoms with van der Waals surface area (Å²) in [6, 6.07) is 14.2. The summed E-state index contributed by atoms with van der Waals surface area (Å²) in [6.45, 7) is 0. The lowest BCUT2D eigenvalue weighted by Gasteiger charge is -2.28. The summed E-state index contributed by atoms with van der Waals surface area (Å²) in [6.07, 6.45) is 1.30. The number of hydrogen-bond donors (Lipinski definition) is 2. The monoisotopic (exact) mass is 530 g/mol. The molecule has 2 N–H and O–H groups in total. The first-order valence-electron chi connectivity index (χ1n) is 9.04. The second kappa shape index (κ2) is 8.70. The van der Waals surface area contributed by atoms with E-state index in [1.54, 1.807) is 36.4 Å². The molecule has 3 aromatic rings. The quantitative estimate of drug-likeness (QED) is 0.282. The fourth-order valence-electron chi connectivity index (χ4n) is 3.05. The summed E-state index contributed by atoms with van der Waals surface area (Å²) in [5, 5.41) is 12.0. The molecule has 0 atom stereocenters. The molecule has 0 spiro atoms. The number of hydrogen-bond acceptors (Lipinski definition) is 5. The summed E-state index contributed by atoms with van der Waals surface area (Å²) in [5.74, 6) is -1.87. The van der Waals surface area contributed by atoms with Crippen molar-refractivity contribution >= 4 is 74.4 Å². The van der Waals surface area contributed by atoms with E-state index in [9.17, 15) is 19.5 Å². The molecule has 0 aliphatic carbocycles. The number of rotatable bonds is 4. The van der Waals surface area contributed by atoms with Crippen LogP contribution in [0.1, 0.15) is 16.1 Å². The Morgan fingerprint density at radius 3 is 2.53 bits per heavy atom. The van der Waals surface area contributed by atoms with E-state index < -0.39 is 17.8 Å². The summed E-state index contributed by atoms with van der Waals surface area (Å²) >= 11 is 14.7. The molecule has 0 unspecified atom stereocenters. The van der Waals surface area contributed by atoms with Crippen LogP contribution in [0.5, 0.6) is 0 Å². The van der Waals surface area contributed by atoms with Crippen molar-refractivity contribution in [1.29, 1.82) is 0 Å². The van der Waals surface area contributed by atoms with E-state index in [4.69, 9.17) is 28.2 Å². The Bertz CT molecular complexity index is 1320. The van der Waals surface area contributed by atoms with Gasteiger partial charge >= 0.3 is 5.97 Å². The number of nitrogens with zero attached hydrogens (tertiary/aromatic N) is 1. The molecule has 2 amide bonds. The third kappa shape index (κ3) is 4.22. The normalized spacial score (nSPS) is 15.2. The first-order chi connectivity index (χ1) is 15.2. The van der Waals surface area contributed by atoms with Gasteiger partial charge in [-0.05, 0) is 72.9 Å². The Kier molecular flexibility index (Phi) is 5.96. The van der Waals surface area contributed by atoms with Gasteiger partial charge in [0.2, 0.25) is 0 Å². The van der Waals surface area contributed by atoms with E-state index in [1.807, 2.05) is 0 Å². The fraction of sp³-hybridized carbons (Fsp3) is 0. The molecular formula is C22H12BrClN2O5S. The van der Waals surface area contributed by atoms with Gasteiger partial charge in [-0.25, -0.2) is 4.79 Å².